The number of imidazole rings is 1. The third-order valence-corrected chi connectivity index (χ3v) is 5.88. The lowest BCUT2D eigenvalue weighted by molar-refractivity contribution is 0.0951. The summed E-state index contributed by atoms with van der Waals surface area (Å²) in [5.74, 6) is 0.525. The summed E-state index contributed by atoms with van der Waals surface area (Å²) >= 11 is 0. The molecule has 1 N–H and O–H groups in total. The zero-order valence-corrected chi connectivity index (χ0v) is 19.7. The van der Waals surface area contributed by atoms with Crippen LogP contribution in [-0.4, -0.2) is 26.8 Å². The molecule has 2 aromatic carbocycles. The molecule has 0 fully saturated rings. The van der Waals surface area contributed by atoms with Crippen LogP contribution in [-0.2, 0) is 6.61 Å². The summed E-state index contributed by atoms with van der Waals surface area (Å²) in [6, 6.07) is 26.1. The number of aryl methyl sites for hydroxylation is 1. The zero-order chi connectivity index (χ0) is 24.2. The number of pyridine rings is 2. The van der Waals surface area contributed by atoms with Gasteiger partial charge in [-0.15, -0.1) is 0 Å². The van der Waals surface area contributed by atoms with Gasteiger partial charge >= 0.3 is 0 Å². The van der Waals surface area contributed by atoms with Crippen molar-refractivity contribution in [1.29, 1.82) is 0 Å². The normalized spacial score (nSPS) is 10.9. The van der Waals surface area contributed by atoms with Crippen LogP contribution < -0.4 is 10.1 Å². The van der Waals surface area contributed by atoms with Crippen molar-refractivity contribution in [1.82, 2.24) is 19.7 Å². The Morgan fingerprint density at radius 2 is 1.74 bits per heavy atom. The average Bonchev–Trinajstić information content (AvgIpc) is 3.24. The molecule has 5 aromatic rings. The Bertz CT molecular complexity index is 1470. The molecule has 6 nitrogen and oxygen atoms in total. The molecule has 0 aliphatic heterocycles. The Kier molecular flexibility index (Phi) is 6.26. The molecule has 5 rings (SSSR count). The molecule has 0 radical (unpaired) electrons. The van der Waals surface area contributed by atoms with Gasteiger partial charge in [0.05, 0.1) is 11.4 Å². The van der Waals surface area contributed by atoms with Gasteiger partial charge in [-0.25, -0.2) is 4.98 Å². The number of hydrogen-bond donors (Lipinski definition) is 1. The standard InChI is InChI=1S/C29H26N4O2/c1-3-30-29(34)25-16-15-22(18-31-25)27-20(2)32-28-26(14-9-17-33(27)28)35-19-23-12-7-8-13-24(23)21-10-5-4-6-11-21/h4-18H,3,19H2,1-2H3,(H,30,34). The second-order valence-electron chi connectivity index (χ2n) is 8.22. The summed E-state index contributed by atoms with van der Waals surface area (Å²) < 4.78 is 8.31. The van der Waals surface area contributed by atoms with Gasteiger partial charge in [0.15, 0.2) is 11.4 Å². The highest BCUT2D eigenvalue weighted by atomic mass is 16.5. The maximum absolute atomic E-state index is 12.1. The van der Waals surface area contributed by atoms with Gasteiger partial charge in [0.1, 0.15) is 12.3 Å². The predicted molar refractivity (Wildman–Crippen MR) is 137 cm³/mol. The first-order chi connectivity index (χ1) is 17.2. The third-order valence-electron chi connectivity index (χ3n) is 5.88. The maximum atomic E-state index is 12.1. The highest BCUT2D eigenvalue weighted by Crippen LogP contribution is 2.30. The average molecular weight is 463 g/mol. The molecule has 6 heteroatoms. The molecule has 0 aliphatic carbocycles. The number of rotatable bonds is 7. The van der Waals surface area contributed by atoms with E-state index in [1.54, 1.807) is 12.3 Å². The Hall–Kier alpha value is -4.45. The Balaban J connectivity index is 1.44. The van der Waals surface area contributed by atoms with E-state index < -0.39 is 0 Å². The second-order valence-corrected chi connectivity index (χ2v) is 8.22. The van der Waals surface area contributed by atoms with E-state index in [1.165, 1.54) is 0 Å². The van der Waals surface area contributed by atoms with Crippen molar-refractivity contribution in [3.63, 3.8) is 0 Å². The number of aromatic nitrogens is 3. The van der Waals surface area contributed by atoms with E-state index in [-0.39, 0.29) is 5.91 Å². The molecule has 35 heavy (non-hydrogen) atoms. The van der Waals surface area contributed by atoms with Crippen molar-refractivity contribution in [3.8, 4) is 28.1 Å². The van der Waals surface area contributed by atoms with Crippen molar-refractivity contribution < 1.29 is 9.53 Å². The van der Waals surface area contributed by atoms with Crippen LogP contribution in [0.1, 0.15) is 28.7 Å². The van der Waals surface area contributed by atoms with Gasteiger partial charge in [-0.2, -0.15) is 0 Å². The predicted octanol–water partition coefficient (Wildman–Crippen LogP) is 5.70. The quantitative estimate of drug-likeness (QED) is 0.337. The van der Waals surface area contributed by atoms with Gasteiger partial charge in [0.2, 0.25) is 0 Å². The van der Waals surface area contributed by atoms with E-state index in [0.29, 0.717) is 24.6 Å². The summed E-state index contributed by atoms with van der Waals surface area (Å²) in [6.07, 6.45) is 3.68. The van der Waals surface area contributed by atoms with E-state index >= 15 is 0 Å². The monoisotopic (exact) mass is 462 g/mol. The van der Waals surface area contributed by atoms with E-state index in [1.807, 2.05) is 73.0 Å². The molecule has 3 aromatic heterocycles. The molecule has 0 saturated heterocycles. The van der Waals surface area contributed by atoms with Gasteiger partial charge in [0, 0.05) is 24.5 Å². The summed E-state index contributed by atoms with van der Waals surface area (Å²) in [6.45, 7) is 4.84. The number of benzene rings is 2. The number of carbonyl (C=O) groups excluding carboxylic acids is 1. The van der Waals surface area contributed by atoms with Gasteiger partial charge in [-0.1, -0.05) is 54.6 Å². The minimum Gasteiger partial charge on any atom is -0.485 e. The Morgan fingerprint density at radius 1 is 0.943 bits per heavy atom. The van der Waals surface area contributed by atoms with Crippen LogP contribution in [0.15, 0.2) is 91.3 Å². The minimum atomic E-state index is -0.180. The number of hydrogen-bond acceptors (Lipinski definition) is 4. The second kappa shape index (κ2) is 9.81. The molecule has 174 valence electrons. The fraction of sp³-hybridized carbons (Fsp3) is 0.138. The molecular formula is C29H26N4O2. The lowest BCUT2D eigenvalue weighted by Crippen LogP contribution is -2.23. The lowest BCUT2D eigenvalue weighted by Gasteiger charge is -2.12. The van der Waals surface area contributed by atoms with Crippen molar-refractivity contribution in [2.24, 2.45) is 0 Å². The van der Waals surface area contributed by atoms with E-state index in [2.05, 4.69) is 34.6 Å². The maximum Gasteiger partial charge on any atom is 0.269 e. The van der Waals surface area contributed by atoms with Gasteiger partial charge < -0.3 is 10.1 Å². The van der Waals surface area contributed by atoms with E-state index in [9.17, 15) is 4.79 Å². The van der Waals surface area contributed by atoms with Crippen LogP contribution in [0.4, 0.5) is 0 Å². The van der Waals surface area contributed by atoms with Crippen LogP contribution in [0.25, 0.3) is 28.0 Å². The fourth-order valence-electron chi connectivity index (χ4n) is 4.24. The van der Waals surface area contributed by atoms with Crippen molar-refractivity contribution >= 4 is 11.6 Å². The molecule has 0 saturated carbocycles. The summed E-state index contributed by atoms with van der Waals surface area (Å²) in [5, 5.41) is 2.77. The first kappa shape index (κ1) is 22.3. The van der Waals surface area contributed by atoms with Crippen LogP contribution in [0.5, 0.6) is 5.75 Å². The lowest BCUT2D eigenvalue weighted by atomic mass is 10.0. The van der Waals surface area contributed by atoms with Crippen LogP contribution in [0.2, 0.25) is 0 Å². The fourth-order valence-corrected chi connectivity index (χ4v) is 4.24. The van der Waals surface area contributed by atoms with Crippen LogP contribution in [0.3, 0.4) is 0 Å². The first-order valence-corrected chi connectivity index (χ1v) is 11.6. The van der Waals surface area contributed by atoms with Crippen molar-refractivity contribution in [2.45, 2.75) is 20.5 Å². The molecule has 0 unspecified atom stereocenters. The number of amides is 1. The van der Waals surface area contributed by atoms with Gasteiger partial charge in [-0.05, 0) is 54.8 Å². The molecular weight excluding hydrogens is 436 g/mol. The van der Waals surface area contributed by atoms with Gasteiger partial charge in [0.25, 0.3) is 5.91 Å². The summed E-state index contributed by atoms with van der Waals surface area (Å²) in [5.41, 5.74) is 7.21. The van der Waals surface area contributed by atoms with Crippen LogP contribution >= 0.6 is 0 Å². The minimum absolute atomic E-state index is 0.180. The summed E-state index contributed by atoms with van der Waals surface area (Å²) in [4.78, 5) is 21.2. The smallest absolute Gasteiger partial charge is 0.269 e. The van der Waals surface area contributed by atoms with E-state index in [0.717, 1.165) is 39.3 Å². The molecule has 0 spiro atoms. The number of fused-ring (bicyclic) bond motifs is 1. The number of nitrogens with one attached hydrogen (secondary N) is 1. The van der Waals surface area contributed by atoms with E-state index in [4.69, 9.17) is 9.72 Å². The Morgan fingerprint density at radius 3 is 2.51 bits per heavy atom. The Labute approximate surface area is 204 Å². The van der Waals surface area contributed by atoms with Gasteiger partial charge in [-0.3, -0.25) is 14.2 Å². The highest BCUT2D eigenvalue weighted by Gasteiger charge is 2.16. The highest BCUT2D eigenvalue weighted by molar-refractivity contribution is 5.92. The number of ether oxygens (including phenoxy) is 1. The topological polar surface area (TPSA) is 68.5 Å². The first-order valence-electron chi connectivity index (χ1n) is 11.6. The van der Waals surface area contributed by atoms with Crippen molar-refractivity contribution in [3.05, 3.63) is 108 Å². The van der Waals surface area contributed by atoms with Crippen LogP contribution in [0, 0.1) is 6.92 Å². The SMILES string of the molecule is CCNC(=O)c1ccc(-c2c(C)nc3c(OCc4ccccc4-c4ccccc4)cccn23)cn1. The molecule has 3 heterocycles. The largest absolute Gasteiger partial charge is 0.485 e. The number of nitrogens with zero attached hydrogens (tertiary/aromatic N) is 3. The molecule has 1 amide bonds. The van der Waals surface area contributed by atoms with Crippen molar-refractivity contribution in [2.75, 3.05) is 6.54 Å². The molecule has 0 aliphatic rings. The zero-order valence-electron chi connectivity index (χ0n) is 19.7. The third kappa shape index (κ3) is 4.51. The molecule has 0 bridgehead atoms. The number of carbonyl (C=O) groups is 1. The molecule has 0 atom stereocenters. The summed E-state index contributed by atoms with van der Waals surface area (Å²) in [7, 11) is 0.